The lowest BCUT2D eigenvalue weighted by Gasteiger charge is -2.34. The van der Waals surface area contributed by atoms with Crippen LogP contribution in [-0.4, -0.2) is 48.6 Å². The average molecular weight is 398 g/mol. The highest BCUT2D eigenvalue weighted by atomic mass is 32.1. The molecule has 146 valence electrons. The number of carbonyl (C=O) groups excluding carboxylic acids is 2. The summed E-state index contributed by atoms with van der Waals surface area (Å²) in [5.41, 5.74) is 1.38. The molecule has 1 aromatic heterocycles. The van der Waals surface area contributed by atoms with Gasteiger partial charge < -0.3 is 14.7 Å². The van der Waals surface area contributed by atoms with Gasteiger partial charge in [-0.25, -0.2) is 4.90 Å². The average Bonchev–Trinajstić information content (AvgIpc) is 3.34. The molecule has 0 bridgehead atoms. The number of likely N-dealkylation sites (tertiary alicyclic amines) is 1. The first-order valence-electron chi connectivity index (χ1n) is 9.31. The zero-order chi connectivity index (χ0) is 19.7. The molecule has 1 atom stereocenters. The molecule has 2 aliphatic rings. The molecular formula is C21H22N2O4S. The first kappa shape index (κ1) is 18.7. The van der Waals surface area contributed by atoms with Crippen LogP contribution in [0.2, 0.25) is 0 Å². The van der Waals surface area contributed by atoms with E-state index in [1.165, 1.54) is 16.2 Å². The van der Waals surface area contributed by atoms with Crippen LogP contribution in [0.15, 0.2) is 47.5 Å². The number of piperidine rings is 1. The number of hydrogen-bond donors (Lipinski definition) is 1. The highest BCUT2D eigenvalue weighted by Crippen LogP contribution is 2.38. The van der Waals surface area contributed by atoms with E-state index in [1.807, 2.05) is 22.4 Å². The van der Waals surface area contributed by atoms with Gasteiger partial charge in [-0.1, -0.05) is 12.1 Å². The molecule has 1 unspecified atom stereocenters. The van der Waals surface area contributed by atoms with E-state index in [0.717, 1.165) is 17.7 Å². The van der Waals surface area contributed by atoms with Crippen LogP contribution in [0.5, 0.6) is 5.75 Å². The molecule has 0 saturated carbocycles. The van der Waals surface area contributed by atoms with Gasteiger partial charge in [-0.3, -0.25) is 9.59 Å². The normalized spacial score (nSPS) is 20.3. The highest BCUT2D eigenvalue weighted by molar-refractivity contribution is 7.11. The van der Waals surface area contributed by atoms with Crippen molar-refractivity contribution in [1.82, 2.24) is 4.90 Å². The Balaban J connectivity index is 1.78. The van der Waals surface area contributed by atoms with E-state index in [4.69, 9.17) is 4.74 Å². The van der Waals surface area contributed by atoms with Crippen LogP contribution >= 0.6 is 11.3 Å². The molecule has 7 heteroatoms. The van der Waals surface area contributed by atoms with Crippen LogP contribution in [0.25, 0.3) is 5.57 Å². The Kier molecular flexibility index (Phi) is 5.19. The van der Waals surface area contributed by atoms with E-state index in [0.29, 0.717) is 35.8 Å². The smallest absolute Gasteiger partial charge is 0.282 e. The number of ether oxygens (including phenoxy) is 1. The molecule has 2 aromatic rings. The number of rotatable bonds is 5. The van der Waals surface area contributed by atoms with Gasteiger partial charge in [0.25, 0.3) is 11.8 Å². The maximum atomic E-state index is 13.4. The van der Waals surface area contributed by atoms with Crippen LogP contribution in [0.3, 0.4) is 0 Å². The summed E-state index contributed by atoms with van der Waals surface area (Å²) in [6, 6.07) is 10.7. The largest absolute Gasteiger partial charge is 0.497 e. The zero-order valence-electron chi connectivity index (χ0n) is 15.6. The second kappa shape index (κ2) is 7.77. The van der Waals surface area contributed by atoms with Gasteiger partial charge in [0.1, 0.15) is 11.4 Å². The van der Waals surface area contributed by atoms with Crippen molar-refractivity contribution >= 4 is 34.4 Å². The molecule has 4 rings (SSSR count). The number of thiophene rings is 1. The third kappa shape index (κ3) is 3.21. The lowest BCUT2D eigenvalue weighted by molar-refractivity contribution is -0.120. The van der Waals surface area contributed by atoms with Gasteiger partial charge in [0.2, 0.25) is 0 Å². The molecule has 1 saturated heterocycles. The van der Waals surface area contributed by atoms with Crippen molar-refractivity contribution < 1.29 is 19.4 Å². The number of carbonyl (C=O) groups is 2. The number of benzene rings is 1. The third-order valence-corrected chi connectivity index (χ3v) is 6.12. The van der Waals surface area contributed by atoms with Gasteiger partial charge in [-0.15, -0.1) is 11.3 Å². The van der Waals surface area contributed by atoms with Gasteiger partial charge in [0.05, 0.1) is 18.4 Å². The van der Waals surface area contributed by atoms with E-state index in [9.17, 15) is 14.7 Å². The lowest BCUT2D eigenvalue weighted by atomic mass is 9.98. The van der Waals surface area contributed by atoms with Gasteiger partial charge in [0, 0.05) is 30.6 Å². The minimum absolute atomic E-state index is 0.0832. The Morgan fingerprint density at radius 3 is 2.79 bits per heavy atom. The summed E-state index contributed by atoms with van der Waals surface area (Å²) in [6.07, 6.45) is 1.81. The summed E-state index contributed by atoms with van der Waals surface area (Å²) in [5, 5.41) is 11.5. The molecule has 1 N–H and O–H groups in total. The first-order chi connectivity index (χ1) is 13.6. The van der Waals surface area contributed by atoms with E-state index in [-0.39, 0.29) is 24.3 Å². The maximum Gasteiger partial charge on any atom is 0.282 e. The SMILES string of the molecule is COc1cccc(N2C(=O)C(c3cccs3)=C(N3CCCC(CO)C3)C2=O)c1. The van der Waals surface area contributed by atoms with Crippen molar-refractivity contribution in [3.05, 3.63) is 52.4 Å². The van der Waals surface area contributed by atoms with Gasteiger partial charge in [-0.05, 0) is 42.3 Å². The summed E-state index contributed by atoms with van der Waals surface area (Å²) in [4.78, 5) is 30.8. The number of aliphatic hydroxyl groups is 1. The zero-order valence-corrected chi connectivity index (χ0v) is 16.4. The standard InChI is InChI=1S/C21H22N2O4S/c1-27-16-7-2-6-15(11-16)23-20(25)18(17-8-4-10-28-17)19(21(23)26)22-9-3-5-14(12-22)13-24/h2,4,6-8,10-11,14,24H,3,5,9,12-13H2,1H3. The molecule has 6 nitrogen and oxygen atoms in total. The maximum absolute atomic E-state index is 13.4. The minimum atomic E-state index is -0.319. The van der Waals surface area contributed by atoms with Crippen LogP contribution in [0.4, 0.5) is 5.69 Å². The molecule has 28 heavy (non-hydrogen) atoms. The fraction of sp³-hybridized carbons (Fsp3) is 0.333. The number of methoxy groups -OCH3 is 1. The van der Waals surface area contributed by atoms with Crippen LogP contribution in [0, 0.1) is 5.92 Å². The molecule has 2 aliphatic heterocycles. The Bertz CT molecular complexity index is 922. The Labute approximate surface area is 167 Å². The summed E-state index contributed by atoms with van der Waals surface area (Å²) in [7, 11) is 1.55. The third-order valence-electron chi connectivity index (χ3n) is 5.23. The quantitative estimate of drug-likeness (QED) is 0.785. The monoisotopic (exact) mass is 398 g/mol. The number of aliphatic hydroxyl groups excluding tert-OH is 1. The van der Waals surface area contributed by atoms with Crippen molar-refractivity contribution in [1.29, 1.82) is 0 Å². The second-order valence-corrected chi connectivity index (χ2v) is 7.93. The van der Waals surface area contributed by atoms with Crippen molar-refractivity contribution in [3.8, 4) is 5.75 Å². The van der Waals surface area contributed by atoms with Gasteiger partial charge in [-0.2, -0.15) is 0 Å². The van der Waals surface area contributed by atoms with Gasteiger partial charge in [0.15, 0.2) is 0 Å². The molecule has 0 aliphatic carbocycles. The van der Waals surface area contributed by atoms with Crippen LogP contribution in [-0.2, 0) is 9.59 Å². The number of hydrogen-bond acceptors (Lipinski definition) is 6. The molecule has 3 heterocycles. The molecule has 1 aromatic carbocycles. The van der Waals surface area contributed by atoms with Crippen molar-refractivity contribution in [2.45, 2.75) is 12.8 Å². The number of nitrogens with zero attached hydrogens (tertiary/aromatic N) is 2. The number of imide groups is 1. The van der Waals surface area contributed by atoms with Crippen molar-refractivity contribution in [2.24, 2.45) is 5.92 Å². The summed E-state index contributed by atoms with van der Waals surface area (Å²) in [6.45, 7) is 1.36. The Hall–Kier alpha value is -2.64. The number of anilines is 1. The highest BCUT2D eigenvalue weighted by Gasteiger charge is 2.43. The molecule has 0 radical (unpaired) electrons. The van der Waals surface area contributed by atoms with Crippen LogP contribution < -0.4 is 9.64 Å². The predicted octanol–water partition coefficient (Wildman–Crippen LogP) is 2.75. The topological polar surface area (TPSA) is 70.1 Å². The van der Waals surface area contributed by atoms with Crippen molar-refractivity contribution in [2.75, 3.05) is 31.7 Å². The molecule has 2 amide bonds. The second-order valence-electron chi connectivity index (χ2n) is 6.98. The molecule has 0 spiro atoms. The predicted molar refractivity (Wildman–Crippen MR) is 108 cm³/mol. The molecule has 1 fully saturated rings. The fourth-order valence-electron chi connectivity index (χ4n) is 3.86. The van der Waals surface area contributed by atoms with E-state index in [2.05, 4.69) is 0 Å². The molecular weight excluding hydrogens is 376 g/mol. The van der Waals surface area contributed by atoms with Crippen LogP contribution in [0.1, 0.15) is 17.7 Å². The number of amides is 2. The summed E-state index contributed by atoms with van der Waals surface area (Å²) < 4.78 is 5.26. The first-order valence-corrected chi connectivity index (χ1v) is 10.2. The summed E-state index contributed by atoms with van der Waals surface area (Å²) >= 11 is 1.45. The summed E-state index contributed by atoms with van der Waals surface area (Å²) in [5.74, 6) is 0.0595. The van der Waals surface area contributed by atoms with E-state index < -0.39 is 0 Å². The minimum Gasteiger partial charge on any atom is -0.497 e. The van der Waals surface area contributed by atoms with E-state index in [1.54, 1.807) is 31.4 Å². The fourth-order valence-corrected chi connectivity index (χ4v) is 4.62. The Morgan fingerprint density at radius 2 is 2.07 bits per heavy atom. The van der Waals surface area contributed by atoms with Crippen molar-refractivity contribution in [3.63, 3.8) is 0 Å². The van der Waals surface area contributed by atoms with E-state index >= 15 is 0 Å². The van der Waals surface area contributed by atoms with Gasteiger partial charge >= 0.3 is 0 Å². The lowest BCUT2D eigenvalue weighted by Crippen LogP contribution is -2.40. The Morgan fingerprint density at radius 1 is 1.21 bits per heavy atom.